The first-order valence-corrected chi connectivity index (χ1v) is 6.10. The van der Waals surface area contributed by atoms with Gasteiger partial charge in [0.25, 0.3) is 0 Å². The molecule has 1 fully saturated rings. The summed E-state index contributed by atoms with van der Waals surface area (Å²) in [5.41, 5.74) is 0.644. The number of halogens is 1. The maximum atomic E-state index is 11.9. The van der Waals surface area contributed by atoms with Crippen LogP contribution in [0.5, 0.6) is 0 Å². The van der Waals surface area contributed by atoms with Crippen LogP contribution in [0.3, 0.4) is 0 Å². The molecule has 96 valence electrons. The van der Waals surface area contributed by atoms with Gasteiger partial charge in [0.1, 0.15) is 0 Å². The summed E-state index contributed by atoms with van der Waals surface area (Å²) >= 11 is 5.77. The van der Waals surface area contributed by atoms with Gasteiger partial charge in [-0.1, -0.05) is 0 Å². The fourth-order valence-electron chi connectivity index (χ4n) is 1.99. The Balaban J connectivity index is 2.34. The molecule has 5 nitrogen and oxygen atoms in total. The van der Waals surface area contributed by atoms with Crippen LogP contribution < -0.4 is 4.90 Å². The number of methoxy groups -OCH3 is 1. The van der Waals surface area contributed by atoms with Crippen molar-refractivity contribution >= 4 is 29.2 Å². The van der Waals surface area contributed by atoms with Crippen molar-refractivity contribution in [3.8, 4) is 0 Å². The monoisotopic (exact) mass is 268 g/mol. The van der Waals surface area contributed by atoms with Gasteiger partial charge in [0.15, 0.2) is 5.69 Å². The number of alkyl halides is 1. The van der Waals surface area contributed by atoms with E-state index in [0.29, 0.717) is 24.5 Å². The van der Waals surface area contributed by atoms with Crippen molar-refractivity contribution in [3.05, 3.63) is 24.0 Å². The van der Waals surface area contributed by atoms with E-state index < -0.39 is 5.97 Å². The molecule has 0 saturated carbocycles. The Hall–Kier alpha value is -1.62. The van der Waals surface area contributed by atoms with E-state index in [1.165, 1.54) is 13.3 Å². The summed E-state index contributed by atoms with van der Waals surface area (Å²) in [5.74, 6) is -0.0489. The lowest BCUT2D eigenvalue weighted by atomic mass is 10.1. The molecule has 0 bridgehead atoms. The molecule has 0 radical (unpaired) electrons. The number of carbonyl (C=O) groups is 2. The maximum Gasteiger partial charge on any atom is 0.358 e. The Morgan fingerprint density at radius 2 is 2.44 bits per heavy atom. The van der Waals surface area contributed by atoms with Crippen molar-refractivity contribution in [2.24, 2.45) is 5.92 Å². The minimum Gasteiger partial charge on any atom is -0.464 e. The molecule has 0 N–H and O–H groups in total. The molecule has 1 aromatic heterocycles. The Bertz CT molecular complexity index is 478. The lowest BCUT2D eigenvalue weighted by molar-refractivity contribution is -0.117. The van der Waals surface area contributed by atoms with Crippen LogP contribution in [0, 0.1) is 5.92 Å². The quantitative estimate of drug-likeness (QED) is 0.615. The molecule has 18 heavy (non-hydrogen) atoms. The summed E-state index contributed by atoms with van der Waals surface area (Å²) < 4.78 is 4.66. The highest BCUT2D eigenvalue weighted by Crippen LogP contribution is 2.27. The van der Waals surface area contributed by atoms with E-state index in [4.69, 9.17) is 11.6 Å². The molecule has 2 rings (SSSR count). The number of amides is 1. The van der Waals surface area contributed by atoms with Crippen molar-refractivity contribution in [2.45, 2.75) is 6.42 Å². The van der Waals surface area contributed by atoms with E-state index in [1.54, 1.807) is 17.0 Å². The first-order valence-electron chi connectivity index (χ1n) is 5.57. The molecule has 0 aliphatic carbocycles. The minimum absolute atomic E-state index is 0.0428. The summed E-state index contributed by atoms with van der Waals surface area (Å²) in [6, 6.07) is 3.37. The van der Waals surface area contributed by atoms with Crippen molar-refractivity contribution in [3.63, 3.8) is 0 Å². The van der Waals surface area contributed by atoms with Crippen LogP contribution in [0.4, 0.5) is 5.69 Å². The molecule has 2 heterocycles. The number of rotatable bonds is 3. The van der Waals surface area contributed by atoms with Crippen LogP contribution >= 0.6 is 11.6 Å². The van der Waals surface area contributed by atoms with Gasteiger partial charge in [0, 0.05) is 25.0 Å². The summed E-state index contributed by atoms with van der Waals surface area (Å²) in [5, 5.41) is 0. The maximum absolute atomic E-state index is 11.9. The number of nitrogens with zero attached hydrogens (tertiary/aromatic N) is 2. The number of esters is 1. The standard InChI is InChI=1S/C12H13ClN2O3/c1-18-12(17)11-9(3-2-4-14-11)15-7-8(6-13)5-10(15)16/h2-4,8H,5-7H2,1H3. The van der Waals surface area contributed by atoms with Crippen LogP contribution in [-0.2, 0) is 9.53 Å². The number of ether oxygens (including phenoxy) is 1. The van der Waals surface area contributed by atoms with Gasteiger partial charge in [0.2, 0.25) is 5.91 Å². The number of pyridine rings is 1. The second-order valence-corrected chi connectivity index (χ2v) is 4.40. The average molecular weight is 269 g/mol. The molecule has 1 aliphatic heterocycles. The topological polar surface area (TPSA) is 59.5 Å². The molecular formula is C12H13ClN2O3. The van der Waals surface area contributed by atoms with E-state index in [1.807, 2.05) is 0 Å². The van der Waals surface area contributed by atoms with Crippen LogP contribution in [0.15, 0.2) is 18.3 Å². The van der Waals surface area contributed by atoms with E-state index in [2.05, 4.69) is 9.72 Å². The summed E-state index contributed by atoms with van der Waals surface area (Å²) in [7, 11) is 1.29. The zero-order valence-electron chi connectivity index (χ0n) is 9.93. The first-order chi connectivity index (χ1) is 8.67. The van der Waals surface area contributed by atoms with Gasteiger partial charge in [-0.05, 0) is 18.1 Å². The molecule has 1 amide bonds. The predicted octanol–water partition coefficient (Wildman–Crippen LogP) is 1.46. The lowest BCUT2D eigenvalue weighted by Crippen LogP contribution is -2.27. The van der Waals surface area contributed by atoms with E-state index in [-0.39, 0.29) is 17.5 Å². The smallest absolute Gasteiger partial charge is 0.358 e. The number of aromatic nitrogens is 1. The third-order valence-corrected chi connectivity index (χ3v) is 3.32. The highest BCUT2D eigenvalue weighted by molar-refractivity contribution is 6.18. The van der Waals surface area contributed by atoms with Crippen molar-refractivity contribution in [1.82, 2.24) is 4.98 Å². The van der Waals surface area contributed by atoms with Crippen LogP contribution in [-0.4, -0.2) is 36.4 Å². The number of carbonyl (C=O) groups excluding carboxylic acids is 2. The second-order valence-electron chi connectivity index (χ2n) is 4.09. The SMILES string of the molecule is COC(=O)c1ncccc1N1CC(CCl)CC1=O. The second kappa shape index (κ2) is 5.35. The average Bonchev–Trinajstić information content (AvgIpc) is 2.79. The van der Waals surface area contributed by atoms with Gasteiger partial charge in [-0.3, -0.25) is 4.79 Å². The molecule has 0 spiro atoms. The van der Waals surface area contributed by atoms with Crippen LogP contribution in [0.1, 0.15) is 16.9 Å². The zero-order chi connectivity index (χ0) is 13.1. The van der Waals surface area contributed by atoms with Gasteiger partial charge in [-0.15, -0.1) is 11.6 Å². The highest BCUT2D eigenvalue weighted by atomic mass is 35.5. The Morgan fingerprint density at radius 1 is 1.67 bits per heavy atom. The zero-order valence-corrected chi connectivity index (χ0v) is 10.7. The summed E-state index contributed by atoms with van der Waals surface area (Å²) in [4.78, 5) is 29.0. The molecule has 0 aromatic carbocycles. The molecular weight excluding hydrogens is 256 g/mol. The largest absolute Gasteiger partial charge is 0.464 e. The van der Waals surface area contributed by atoms with Gasteiger partial charge in [0.05, 0.1) is 12.8 Å². The third kappa shape index (κ3) is 2.31. The fourth-order valence-corrected chi connectivity index (χ4v) is 2.19. The van der Waals surface area contributed by atoms with Gasteiger partial charge < -0.3 is 9.64 Å². The van der Waals surface area contributed by atoms with Crippen molar-refractivity contribution in [2.75, 3.05) is 24.4 Å². The molecule has 1 atom stereocenters. The van der Waals surface area contributed by atoms with Crippen LogP contribution in [0.25, 0.3) is 0 Å². The number of hydrogen-bond acceptors (Lipinski definition) is 4. The molecule has 1 saturated heterocycles. The molecule has 1 aromatic rings. The van der Waals surface area contributed by atoms with E-state index in [9.17, 15) is 9.59 Å². The molecule has 6 heteroatoms. The fraction of sp³-hybridized carbons (Fsp3) is 0.417. The third-order valence-electron chi connectivity index (χ3n) is 2.88. The van der Waals surface area contributed by atoms with Crippen LogP contribution in [0.2, 0.25) is 0 Å². The number of anilines is 1. The lowest BCUT2D eigenvalue weighted by Gasteiger charge is -2.18. The Kier molecular flexibility index (Phi) is 3.81. The first kappa shape index (κ1) is 12.8. The molecule has 1 aliphatic rings. The van der Waals surface area contributed by atoms with Crippen molar-refractivity contribution < 1.29 is 14.3 Å². The normalized spacial score (nSPS) is 19.1. The Labute approximate surface area is 110 Å². The summed E-state index contributed by atoms with van der Waals surface area (Å²) in [6.45, 7) is 0.512. The number of hydrogen-bond donors (Lipinski definition) is 0. The van der Waals surface area contributed by atoms with Gasteiger partial charge >= 0.3 is 5.97 Å². The van der Waals surface area contributed by atoms with E-state index >= 15 is 0 Å². The van der Waals surface area contributed by atoms with Gasteiger partial charge in [-0.2, -0.15) is 0 Å². The van der Waals surface area contributed by atoms with Gasteiger partial charge in [-0.25, -0.2) is 9.78 Å². The summed E-state index contributed by atoms with van der Waals surface area (Å²) in [6.07, 6.45) is 1.90. The predicted molar refractivity (Wildman–Crippen MR) is 66.8 cm³/mol. The Morgan fingerprint density at radius 3 is 3.06 bits per heavy atom. The van der Waals surface area contributed by atoms with Crippen molar-refractivity contribution in [1.29, 1.82) is 0 Å². The molecule has 1 unspecified atom stereocenters. The highest BCUT2D eigenvalue weighted by Gasteiger charge is 2.32. The minimum atomic E-state index is -0.548. The van der Waals surface area contributed by atoms with E-state index in [0.717, 1.165) is 0 Å².